The molecule has 176 valence electrons. The molecule has 2 rings (SSSR count). The second-order valence-electron chi connectivity index (χ2n) is 7.08. The smallest absolute Gasteiger partial charge is 0.475 e. The second kappa shape index (κ2) is 11.8. The average Bonchev–Trinajstić information content (AvgIpc) is 2.68. The number of benzene rings is 1. The zero-order valence-electron chi connectivity index (χ0n) is 17.0. The molecule has 2 N–H and O–H groups in total. The predicted octanol–water partition coefficient (Wildman–Crippen LogP) is 2.16. The van der Waals surface area contributed by atoms with Crippen molar-refractivity contribution in [2.45, 2.75) is 24.9 Å². The Morgan fingerprint density at radius 3 is 2.10 bits per heavy atom. The molecular weight excluding hydrogens is 507 g/mol. The molecule has 0 saturated carbocycles. The topological polar surface area (TPSA) is 107 Å². The normalized spacial score (nSPS) is 14.9. The van der Waals surface area contributed by atoms with Crippen molar-refractivity contribution in [1.29, 1.82) is 0 Å². The lowest BCUT2D eigenvalue weighted by molar-refractivity contribution is -0.192. The number of alkyl halides is 3. The minimum absolute atomic E-state index is 0.115. The van der Waals surface area contributed by atoms with Gasteiger partial charge in [-0.2, -0.15) is 17.5 Å². The monoisotopic (exact) mass is 531 g/mol. The van der Waals surface area contributed by atoms with Crippen molar-refractivity contribution >= 4 is 37.8 Å². The number of aliphatic carboxylic acids is 1. The van der Waals surface area contributed by atoms with Gasteiger partial charge < -0.3 is 15.3 Å². The molecule has 13 heteroatoms. The molecule has 1 amide bonds. The number of amides is 1. The minimum Gasteiger partial charge on any atom is -0.475 e. The van der Waals surface area contributed by atoms with Crippen molar-refractivity contribution in [3.8, 4) is 0 Å². The maximum absolute atomic E-state index is 12.9. The van der Waals surface area contributed by atoms with E-state index in [4.69, 9.17) is 9.90 Å². The van der Waals surface area contributed by atoms with Crippen LogP contribution in [0.15, 0.2) is 33.6 Å². The van der Waals surface area contributed by atoms with Crippen LogP contribution in [0.4, 0.5) is 13.2 Å². The molecule has 1 fully saturated rings. The fourth-order valence-electron chi connectivity index (χ4n) is 2.58. The lowest BCUT2D eigenvalue weighted by atomic mass is 10.2. The van der Waals surface area contributed by atoms with Gasteiger partial charge in [-0.1, -0.05) is 29.8 Å². The van der Waals surface area contributed by atoms with E-state index in [0.29, 0.717) is 19.6 Å². The summed E-state index contributed by atoms with van der Waals surface area (Å²) in [5.41, 5.74) is 0. The highest BCUT2D eigenvalue weighted by Gasteiger charge is 2.38. The summed E-state index contributed by atoms with van der Waals surface area (Å²) in [6.07, 6.45) is -5.08. The van der Waals surface area contributed by atoms with E-state index in [9.17, 15) is 26.4 Å². The van der Waals surface area contributed by atoms with Crippen LogP contribution in [0, 0.1) is 5.92 Å². The Morgan fingerprint density at radius 1 is 1.19 bits per heavy atom. The highest BCUT2D eigenvalue weighted by Crippen LogP contribution is 2.20. The summed E-state index contributed by atoms with van der Waals surface area (Å²) in [4.78, 5) is 23.3. The molecular formula is C18H25BrF3N3O5S. The summed E-state index contributed by atoms with van der Waals surface area (Å²) in [7, 11) is -3.70. The fraction of sp³-hybridized carbons (Fsp3) is 0.556. The largest absolute Gasteiger partial charge is 0.490 e. The first-order chi connectivity index (χ1) is 14.2. The Balaban J connectivity index is 0.000000592. The van der Waals surface area contributed by atoms with Gasteiger partial charge in [-0.25, -0.2) is 13.2 Å². The first-order valence-corrected chi connectivity index (χ1v) is 11.5. The third-order valence-electron chi connectivity index (χ3n) is 4.04. The van der Waals surface area contributed by atoms with Crippen molar-refractivity contribution in [2.75, 3.05) is 39.3 Å². The Kier molecular flexibility index (Phi) is 10.4. The maximum Gasteiger partial charge on any atom is 0.490 e. The lowest BCUT2D eigenvalue weighted by Crippen LogP contribution is -2.50. The SMILES string of the molecule is CC(C)CN(CC(=O)N1CCNCC1)S(=O)(=O)c1ccc(Br)cc1.O=C(O)C(F)(F)F. The molecule has 0 aliphatic carbocycles. The van der Waals surface area contributed by atoms with Crippen molar-refractivity contribution in [3.63, 3.8) is 0 Å². The summed E-state index contributed by atoms with van der Waals surface area (Å²) in [5, 5.41) is 10.3. The fourth-order valence-corrected chi connectivity index (χ4v) is 4.39. The highest BCUT2D eigenvalue weighted by atomic mass is 79.9. The Hall–Kier alpha value is -1.70. The summed E-state index contributed by atoms with van der Waals surface area (Å²) in [6.45, 7) is 6.82. The van der Waals surface area contributed by atoms with Gasteiger partial charge in [0, 0.05) is 37.2 Å². The zero-order valence-corrected chi connectivity index (χ0v) is 19.4. The number of carboxylic acids is 1. The van der Waals surface area contributed by atoms with Crippen molar-refractivity contribution in [2.24, 2.45) is 5.92 Å². The van der Waals surface area contributed by atoms with Gasteiger partial charge in [-0.3, -0.25) is 4.79 Å². The number of sulfonamides is 1. The standard InChI is InChI=1S/C16H24BrN3O3S.C2HF3O2/c1-13(2)11-20(12-16(21)19-9-7-18-8-10-19)24(22,23)15-5-3-14(17)4-6-15;3-2(4,5)1(6)7/h3-6,13,18H,7-12H2,1-2H3;(H,6,7). The zero-order chi connectivity index (χ0) is 23.8. The maximum atomic E-state index is 12.9. The molecule has 0 atom stereocenters. The molecule has 0 unspecified atom stereocenters. The molecule has 0 spiro atoms. The number of nitrogens with zero attached hydrogens (tertiary/aromatic N) is 2. The molecule has 1 aromatic carbocycles. The molecule has 1 aromatic rings. The van der Waals surface area contributed by atoms with Crippen LogP contribution < -0.4 is 5.32 Å². The van der Waals surface area contributed by atoms with E-state index < -0.39 is 22.2 Å². The molecule has 1 aliphatic heterocycles. The third kappa shape index (κ3) is 9.13. The van der Waals surface area contributed by atoms with E-state index >= 15 is 0 Å². The number of carbonyl (C=O) groups is 2. The van der Waals surface area contributed by atoms with Crippen LogP contribution in [0.25, 0.3) is 0 Å². The summed E-state index contributed by atoms with van der Waals surface area (Å²) in [5.74, 6) is -2.77. The second-order valence-corrected chi connectivity index (χ2v) is 9.93. The number of hydrogen-bond acceptors (Lipinski definition) is 5. The van der Waals surface area contributed by atoms with Gasteiger partial charge in [0.05, 0.1) is 11.4 Å². The van der Waals surface area contributed by atoms with E-state index in [0.717, 1.165) is 17.6 Å². The van der Waals surface area contributed by atoms with Gasteiger partial charge in [0.25, 0.3) is 0 Å². The average molecular weight is 532 g/mol. The molecule has 0 bridgehead atoms. The van der Waals surface area contributed by atoms with Gasteiger partial charge in [0.15, 0.2) is 0 Å². The first-order valence-electron chi connectivity index (χ1n) is 9.29. The molecule has 0 radical (unpaired) electrons. The Morgan fingerprint density at radius 2 is 1.68 bits per heavy atom. The number of piperazine rings is 1. The lowest BCUT2D eigenvalue weighted by Gasteiger charge is -2.30. The van der Waals surface area contributed by atoms with Gasteiger partial charge >= 0.3 is 12.1 Å². The van der Waals surface area contributed by atoms with Crippen molar-refractivity contribution < 1.29 is 36.3 Å². The quantitative estimate of drug-likeness (QED) is 0.582. The van der Waals surface area contributed by atoms with Crippen LogP contribution >= 0.6 is 15.9 Å². The van der Waals surface area contributed by atoms with Crippen LogP contribution in [0.3, 0.4) is 0 Å². The molecule has 8 nitrogen and oxygen atoms in total. The summed E-state index contributed by atoms with van der Waals surface area (Å²) >= 11 is 3.31. The molecule has 1 saturated heterocycles. The predicted molar refractivity (Wildman–Crippen MR) is 111 cm³/mol. The van der Waals surface area contributed by atoms with Gasteiger partial charge in [0.1, 0.15) is 0 Å². The summed E-state index contributed by atoms with van der Waals surface area (Å²) < 4.78 is 59.7. The van der Waals surface area contributed by atoms with Gasteiger partial charge in [-0.05, 0) is 30.2 Å². The van der Waals surface area contributed by atoms with Crippen molar-refractivity contribution in [1.82, 2.24) is 14.5 Å². The van der Waals surface area contributed by atoms with Crippen molar-refractivity contribution in [3.05, 3.63) is 28.7 Å². The molecule has 1 aliphatic rings. The third-order valence-corrected chi connectivity index (χ3v) is 6.40. The summed E-state index contributed by atoms with van der Waals surface area (Å²) in [6, 6.07) is 6.50. The van der Waals surface area contributed by atoms with Crippen LogP contribution in [-0.4, -0.2) is 80.1 Å². The minimum atomic E-state index is -5.08. The van der Waals surface area contributed by atoms with E-state index in [2.05, 4.69) is 21.2 Å². The molecule has 0 aromatic heterocycles. The first kappa shape index (κ1) is 27.3. The van der Waals surface area contributed by atoms with Crippen LogP contribution in [0.1, 0.15) is 13.8 Å². The number of rotatable bonds is 6. The van der Waals surface area contributed by atoms with E-state index in [1.165, 1.54) is 4.31 Å². The molecule has 31 heavy (non-hydrogen) atoms. The Labute approximate surface area is 187 Å². The van der Waals surface area contributed by atoms with E-state index in [1.807, 2.05) is 13.8 Å². The van der Waals surface area contributed by atoms with E-state index in [1.54, 1.807) is 29.2 Å². The number of hydrogen-bond donors (Lipinski definition) is 2. The number of carboxylic acid groups (broad SMARTS) is 1. The van der Waals surface area contributed by atoms with Gasteiger partial charge in [0.2, 0.25) is 15.9 Å². The highest BCUT2D eigenvalue weighted by molar-refractivity contribution is 9.10. The molecule has 1 heterocycles. The van der Waals surface area contributed by atoms with Crippen LogP contribution in [-0.2, 0) is 19.6 Å². The van der Waals surface area contributed by atoms with E-state index in [-0.39, 0.29) is 23.3 Å². The number of halogens is 4. The van der Waals surface area contributed by atoms with Crippen LogP contribution in [0.2, 0.25) is 0 Å². The van der Waals surface area contributed by atoms with Gasteiger partial charge in [-0.15, -0.1) is 0 Å². The van der Waals surface area contributed by atoms with Crippen LogP contribution in [0.5, 0.6) is 0 Å². The number of nitrogens with one attached hydrogen (secondary N) is 1. The Bertz CT molecular complexity index is 842. The number of carbonyl (C=O) groups excluding carboxylic acids is 1.